The van der Waals surface area contributed by atoms with E-state index in [4.69, 9.17) is 14.0 Å². The van der Waals surface area contributed by atoms with Gasteiger partial charge < -0.3 is 24.2 Å². The van der Waals surface area contributed by atoms with Gasteiger partial charge in [0.15, 0.2) is 11.5 Å². The molecule has 0 radical (unpaired) electrons. The SMILES string of the molecule is CCN(CC)c1ccc(NC(=O)/C=C/c2ccc(OCc3c(C)noc3C)c(OC)c2)cn1. The molecule has 3 rings (SSSR count). The number of carbonyl (C=O) groups is 1. The number of anilines is 2. The van der Waals surface area contributed by atoms with Crippen LogP contribution in [0.4, 0.5) is 11.5 Å². The molecule has 174 valence electrons. The van der Waals surface area contributed by atoms with Gasteiger partial charge in [0.25, 0.3) is 0 Å². The van der Waals surface area contributed by atoms with E-state index < -0.39 is 0 Å². The number of aromatic nitrogens is 2. The molecule has 33 heavy (non-hydrogen) atoms. The first-order valence-corrected chi connectivity index (χ1v) is 10.9. The van der Waals surface area contributed by atoms with E-state index in [9.17, 15) is 4.79 Å². The van der Waals surface area contributed by atoms with Crippen LogP contribution in [0, 0.1) is 13.8 Å². The zero-order valence-electron chi connectivity index (χ0n) is 19.7. The lowest BCUT2D eigenvalue weighted by atomic mass is 10.2. The summed E-state index contributed by atoms with van der Waals surface area (Å²) in [5, 5.41) is 6.76. The van der Waals surface area contributed by atoms with E-state index in [1.165, 1.54) is 6.08 Å². The molecule has 0 spiro atoms. The van der Waals surface area contributed by atoms with E-state index in [0.717, 1.165) is 41.5 Å². The first-order valence-electron chi connectivity index (χ1n) is 10.9. The number of nitrogens with one attached hydrogen (secondary N) is 1. The van der Waals surface area contributed by atoms with E-state index in [1.54, 1.807) is 19.4 Å². The van der Waals surface area contributed by atoms with Crippen molar-refractivity contribution in [3.8, 4) is 11.5 Å². The van der Waals surface area contributed by atoms with Crippen LogP contribution in [0.15, 0.2) is 47.1 Å². The summed E-state index contributed by atoms with van der Waals surface area (Å²) in [4.78, 5) is 18.9. The van der Waals surface area contributed by atoms with Crippen LogP contribution in [0.2, 0.25) is 0 Å². The molecule has 0 atom stereocenters. The maximum atomic E-state index is 12.3. The number of hydrogen-bond acceptors (Lipinski definition) is 7. The number of ether oxygens (including phenoxy) is 2. The number of amides is 1. The van der Waals surface area contributed by atoms with Gasteiger partial charge in [-0.2, -0.15) is 0 Å². The van der Waals surface area contributed by atoms with Crippen molar-refractivity contribution in [1.29, 1.82) is 0 Å². The third kappa shape index (κ3) is 6.12. The van der Waals surface area contributed by atoms with Crippen LogP contribution in [0.3, 0.4) is 0 Å². The second kappa shape index (κ2) is 11.2. The molecule has 2 heterocycles. The number of methoxy groups -OCH3 is 1. The molecule has 0 fully saturated rings. The third-order valence-corrected chi connectivity index (χ3v) is 5.27. The quantitative estimate of drug-likeness (QED) is 0.445. The molecule has 0 aliphatic carbocycles. The maximum Gasteiger partial charge on any atom is 0.248 e. The highest BCUT2D eigenvalue weighted by atomic mass is 16.5. The summed E-state index contributed by atoms with van der Waals surface area (Å²) >= 11 is 0. The summed E-state index contributed by atoms with van der Waals surface area (Å²) < 4.78 is 16.5. The molecule has 1 aromatic carbocycles. The number of nitrogens with zero attached hydrogens (tertiary/aromatic N) is 3. The summed E-state index contributed by atoms with van der Waals surface area (Å²) in [6.45, 7) is 9.98. The molecule has 0 aliphatic rings. The van der Waals surface area contributed by atoms with Crippen LogP contribution in [0.25, 0.3) is 6.08 Å². The number of pyridine rings is 1. The maximum absolute atomic E-state index is 12.3. The average Bonchev–Trinajstić information content (AvgIpc) is 3.15. The fourth-order valence-corrected chi connectivity index (χ4v) is 3.32. The molecule has 0 saturated heterocycles. The highest BCUT2D eigenvalue weighted by Crippen LogP contribution is 2.30. The normalized spacial score (nSPS) is 10.9. The van der Waals surface area contributed by atoms with E-state index >= 15 is 0 Å². The lowest BCUT2D eigenvalue weighted by molar-refractivity contribution is -0.111. The standard InChI is InChI=1S/C25H30N4O4/c1-6-29(7-2)24-12-10-20(15-26-24)27-25(30)13-9-19-8-11-22(23(14-19)31-5)32-16-21-17(3)28-33-18(21)4/h8-15H,6-7,16H2,1-5H3,(H,27,30)/b13-9+. The Labute approximate surface area is 194 Å². The molecule has 8 heteroatoms. The Kier molecular flexibility index (Phi) is 8.07. The van der Waals surface area contributed by atoms with Crippen molar-refractivity contribution < 1.29 is 18.8 Å². The zero-order valence-corrected chi connectivity index (χ0v) is 19.7. The van der Waals surface area contributed by atoms with Crippen molar-refractivity contribution >= 4 is 23.5 Å². The van der Waals surface area contributed by atoms with Crippen LogP contribution in [0.5, 0.6) is 11.5 Å². The zero-order chi connectivity index (χ0) is 23.8. The lowest BCUT2D eigenvalue weighted by Crippen LogP contribution is -2.22. The van der Waals surface area contributed by atoms with Crippen molar-refractivity contribution in [3.05, 3.63) is 65.2 Å². The molecular weight excluding hydrogens is 420 g/mol. The Morgan fingerprint density at radius 3 is 2.55 bits per heavy atom. The summed E-state index contributed by atoms with van der Waals surface area (Å²) in [6.07, 6.45) is 4.85. The number of rotatable bonds is 10. The Morgan fingerprint density at radius 2 is 1.94 bits per heavy atom. The van der Waals surface area contributed by atoms with Gasteiger partial charge in [0.05, 0.1) is 30.3 Å². The average molecular weight is 451 g/mol. The molecule has 0 bridgehead atoms. The fourth-order valence-electron chi connectivity index (χ4n) is 3.32. The highest BCUT2D eigenvalue weighted by molar-refractivity contribution is 6.01. The van der Waals surface area contributed by atoms with Gasteiger partial charge in [0, 0.05) is 19.2 Å². The van der Waals surface area contributed by atoms with Gasteiger partial charge in [-0.05, 0) is 63.6 Å². The number of aryl methyl sites for hydroxylation is 2. The van der Waals surface area contributed by atoms with Gasteiger partial charge in [0.1, 0.15) is 18.2 Å². The van der Waals surface area contributed by atoms with E-state index in [2.05, 4.69) is 34.2 Å². The Hall–Kier alpha value is -3.81. The molecular formula is C25H30N4O4. The topological polar surface area (TPSA) is 89.7 Å². The van der Waals surface area contributed by atoms with E-state index in [0.29, 0.717) is 23.8 Å². The number of hydrogen-bond donors (Lipinski definition) is 1. The molecule has 8 nitrogen and oxygen atoms in total. The second-order valence-corrected chi connectivity index (χ2v) is 7.40. The van der Waals surface area contributed by atoms with Crippen LogP contribution < -0.4 is 19.7 Å². The Morgan fingerprint density at radius 1 is 1.15 bits per heavy atom. The van der Waals surface area contributed by atoms with E-state index in [-0.39, 0.29) is 5.91 Å². The van der Waals surface area contributed by atoms with Gasteiger partial charge >= 0.3 is 0 Å². The van der Waals surface area contributed by atoms with Crippen molar-refractivity contribution in [2.24, 2.45) is 0 Å². The lowest BCUT2D eigenvalue weighted by Gasteiger charge is -2.19. The van der Waals surface area contributed by atoms with E-state index in [1.807, 2.05) is 44.2 Å². The van der Waals surface area contributed by atoms with Crippen molar-refractivity contribution in [2.45, 2.75) is 34.3 Å². The molecule has 1 N–H and O–H groups in total. The minimum atomic E-state index is -0.245. The van der Waals surface area contributed by atoms with Crippen LogP contribution in [-0.2, 0) is 11.4 Å². The smallest absolute Gasteiger partial charge is 0.248 e. The first-order chi connectivity index (χ1) is 15.9. The summed E-state index contributed by atoms with van der Waals surface area (Å²) in [5.41, 5.74) is 3.16. The van der Waals surface area contributed by atoms with Gasteiger partial charge in [-0.25, -0.2) is 4.98 Å². The van der Waals surface area contributed by atoms with Gasteiger partial charge in [-0.15, -0.1) is 0 Å². The van der Waals surface area contributed by atoms with Gasteiger partial charge in [0.2, 0.25) is 5.91 Å². The number of benzene rings is 1. The van der Waals surface area contributed by atoms with Crippen molar-refractivity contribution in [1.82, 2.24) is 10.1 Å². The molecule has 0 aliphatic heterocycles. The summed E-state index contributed by atoms with van der Waals surface area (Å²) in [6, 6.07) is 9.23. The monoisotopic (exact) mass is 450 g/mol. The predicted octanol–water partition coefficient (Wildman–Crippen LogP) is 4.77. The molecule has 2 aromatic heterocycles. The fraction of sp³-hybridized carbons (Fsp3) is 0.320. The van der Waals surface area contributed by atoms with Gasteiger partial charge in [-0.3, -0.25) is 4.79 Å². The van der Waals surface area contributed by atoms with Crippen molar-refractivity contribution in [3.63, 3.8) is 0 Å². The van der Waals surface area contributed by atoms with Crippen LogP contribution in [-0.4, -0.2) is 36.2 Å². The van der Waals surface area contributed by atoms with Crippen LogP contribution >= 0.6 is 0 Å². The minimum absolute atomic E-state index is 0.245. The van der Waals surface area contributed by atoms with Crippen molar-refractivity contribution in [2.75, 3.05) is 30.4 Å². The summed E-state index contributed by atoms with van der Waals surface area (Å²) in [5.74, 6) is 2.54. The van der Waals surface area contributed by atoms with Crippen LogP contribution in [0.1, 0.15) is 36.4 Å². The van der Waals surface area contributed by atoms with Gasteiger partial charge in [-0.1, -0.05) is 11.2 Å². The molecule has 0 unspecified atom stereocenters. The second-order valence-electron chi connectivity index (χ2n) is 7.40. The minimum Gasteiger partial charge on any atom is -0.493 e. The Bertz CT molecular complexity index is 1080. The third-order valence-electron chi connectivity index (χ3n) is 5.27. The first kappa shape index (κ1) is 23.8. The molecule has 1 amide bonds. The predicted molar refractivity (Wildman–Crippen MR) is 129 cm³/mol. The number of carbonyl (C=O) groups excluding carboxylic acids is 1. The Balaban J connectivity index is 1.61. The summed E-state index contributed by atoms with van der Waals surface area (Å²) in [7, 11) is 1.58. The molecule has 0 saturated carbocycles. The highest BCUT2D eigenvalue weighted by Gasteiger charge is 2.12. The molecule has 3 aromatic rings. The largest absolute Gasteiger partial charge is 0.493 e.